The molecule has 0 amide bonds. The molecule has 1 aliphatic rings. The van der Waals surface area contributed by atoms with Gasteiger partial charge in [0.2, 0.25) is 0 Å². The van der Waals surface area contributed by atoms with E-state index < -0.39 is 6.10 Å². The number of ether oxygens (including phenoxy) is 1. The molecule has 1 aromatic carbocycles. The molecule has 1 aromatic rings. The van der Waals surface area contributed by atoms with E-state index in [4.69, 9.17) is 4.74 Å². The molecule has 0 saturated carbocycles. The molecular weight excluding hydrogens is 276 g/mol. The summed E-state index contributed by atoms with van der Waals surface area (Å²) >= 11 is 0. The van der Waals surface area contributed by atoms with Crippen LogP contribution < -0.4 is 14.5 Å². The van der Waals surface area contributed by atoms with Crippen LogP contribution >= 0.6 is 0 Å². The van der Waals surface area contributed by atoms with Gasteiger partial charge in [0.25, 0.3) is 0 Å². The van der Waals surface area contributed by atoms with E-state index >= 15 is 0 Å². The van der Waals surface area contributed by atoms with Crippen molar-refractivity contribution in [1.29, 1.82) is 0 Å². The molecule has 3 N–H and O–H groups in total. The SMILES string of the molecule is Cc1ccc(C(C)C)c(OC[C@H](O)C[NH+]2CC[NH+](C)CC2)c1. The first-order chi connectivity index (χ1) is 10.5. The van der Waals surface area contributed by atoms with Crippen molar-refractivity contribution in [3.8, 4) is 5.75 Å². The third kappa shape index (κ3) is 4.97. The second kappa shape index (κ2) is 7.95. The molecule has 1 saturated heterocycles. The van der Waals surface area contributed by atoms with Gasteiger partial charge in [-0.2, -0.15) is 0 Å². The first-order valence-corrected chi connectivity index (χ1v) is 8.52. The summed E-state index contributed by atoms with van der Waals surface area (Å²) in [6, 6.07) is 6.33. The number of piperazine rings is 1. The standard InChI is InChI=1S/C18H30N2O2/c1-14(2)17-6-5-15(3)11-18(17)22-13-16(21)12-20-9-7-19(4)8-10-20/h5-6,11,14,16,21H,7-10,12-13H2,1-4H3/p+2/t16-/m1/s1. The van der Waals surface area contributed by atoms with Gasteiger partial charge in [-0.3, -0.25) is 0 Å². The number of nitrogens with one attached hydrogen (secondary N) is 2. The third-order valence-corrected chi connectivity index (χ3v) is 4.56. The lowest BCUT2D eigenvalue weighted by Gasteiger charge is -2.28. The Labute approximate surface area is 134 Å². The minimum Gasteiger partial charge on any atom is -0.490 e. The quantitative estimate of drug-likeness (QED) is 0.648. The second-order valence-corrected chi connectivity index (χ2v) is 7.07. The lowest BCUT2D eigenvalue weighted by Crippen LogP contribution is -3.27. The average molecular weight is 308 g/mol. The molecule has 0 spiro atoms. The maximum atomic E-state index is 10.3. The minimum atomic E-state index is -0.395. The van der Waals surface area contributed by atoms with Crippen LogP contribution in [0.5, 0.6) is 5.75 Å². The Bertz CT molecular complexity index is 468. The first kappa shape index (κ1) is 17.3. The monoisotopic (exact) mass is 308 g/mol. The Morgan fingerprint density at radius 3 is 2.50 bits per heavy atom. The molecule has 0 unspecified atom stereocenters. The molecule has 2 rings (SSSR count). The van der Waals surface area contributed by atoms with Crippen molar-refractivity contribution in [2.45, 2.75) is 32.8 Å². The zero-order valence-electron chi connectivity index (χ0n) is 14.5. The highest BCUT2D eigenvalue weighted by Gasteiger charge is 2.23. The van der Waals surface area contributed by atoms with E-state index in [0.29, 0.717) is 12.5 Å². The van der Waals surface area contributed by atoms with Crippen LogP contribution in [0.2, 0.25) is 0 Å². The topological polar surface area (TPSA) is 38.3 Å². The molecule has 0 aliphatic carbocycles. The maximum absolute atomic E-state index is 10.3. The van der Waals surface area contributed by atoms with Crippen LogP contribution in [0, 0.1) is 6.92 Å². The number of hydrogen-bond donors (Lipinski definition) is 3. The minimum absolute atomic E-state index is 0.384. The van der Waals surface area contributed by atoms with E-state index in [2.05, 4.69) is 46.0 Å². The normalized spacial score (nSPS) is 23.5. The third-order valence-electron chi connectivity index (χ3n) is 4.56. The Balaban J connectivity index is 1.85. The van der Waals surface area contributed by atoms with E-state index in [1.807, 2.05) is 0 Å². The molecule has 4 heteroatoms. The molecule has 124 valence electrons. The summed E-state index contributed by atoms with van der Waals surface area (Å²) in [6.45, 7) is 12.3. The van der Waals surface area contributed by atoms with E-state index in [9.17, 15) is 5.11 Å². The summed E-state index contributed by atoms with van der Waals surface area (Å²) in [6.07, 6.45) is -0.395. The van der Waals surface area contributed by atoms with Gasteiger partial charge in [-0.25, -0.2) is 0 Å². The molecule has 0 radical (unpaired) electrons. The van der Waals surface area contributed by atoms with Crippen molar-refractivity contribution >= 4 is 0 Å². The van der Waals surface area contributed by atoms with E-state index in [1.165, 1.54) is 29.1 Å². The number of aliphatic hydroxyl groups is 1. The number of benzene rings is 1. The predicted octanol–water partition coefficient (Wildman–Crippen LogP) is -0.729. The fraction of sp³-hybridized carbons (Fsp3) is 0.667. The predicted molar refractivity (Wildman–Crippen MR) is 89.0 cm³/mol. The second-order valence-electron chi connectivity index (χ2n) is 7.07. The van der Waals surface area contributed by atoms with Crippen LogP contribution in [0.3, 0.4) is 0 Å². The summed E-state index contributed by atoms with van der Waals surface area (Å²) in [5.41, 5.74) is 2.41. The highest BCUT2D eigenvalue weighted by atomic mass is 16.5. The van der Waals surface area contributed by atoms with Crippen LogP contribution in [-0.4, -0.2) is 57.6 Å². The molecule has 22 heavy (non-hydrogen) atoms. The molecule has 1 aliphatic heterocycles. The van der Waals surface area contributed by atoms with Crippen molar-refractivity contribution in [2.24, 2.45) is 0 Å². The summed E-state index contributed by atoms with van der Waals surface area (Å²) in [5.74, 6) is 1.35. The summed E-state index contributed by atoms with van der Waals surface area (Å²) in [4.78, 5) is 3.09. The van der Waals surface area contributed by atoms with Gasteiger partial charge in [0.1, 0.15) is 51.2 Å². The van der Waals surface area contributed by atoms with Crippen LogP contribution in [-0.2, 0) is 0 Å². The zero-order valence-corrected chi connectivity index (χ0v) is 14.5. The maximum Gasteiger partial charge on any atom is 0.137 e. The fourth-order valence-electron chi connectivity index (χ4n) is 3.06. The summed E-state index contributed by atoms with van der Waals surface area (Å²) in [5, 5.41) is 10.3. The van der Waals surface area contributed by atoms with Gasteiger partial charge >= 0.3 is 0 Å². The van der Waals surface area contributed by atoms with Crippen LogP contribution in [0.25, 0.3) is 0 Å². The van der Waals surface area contributed by atoms with Gasteiger partial charge in [0.15, 0.2) is 0 Å². The van der Waals surface area contributed by atoms with Crippen molar-refractivity contribution in [2.75, 3.05) is 46.4 Å². The van der Waals surface area contributed by atoms with Gasteiger partial charge in [-0.1, -0.05) is 26.0 Å². The smallest absolute Gasteiger partial charge is 0.137 e. The summed E-state index contributed by atoms with van der Waals surface area (Å²) in [7, 11) is 2.24. The lowest BCUT2D eigenvalue weighted by atomic mass is 10.0. The Morgan fingerprint density at radius 2 is 1.86 bits per heavy atom. The van der Waals surface area contributed by atoms with Crippen molar-refractivity contribution in [3.63, 3.8) is 0 Å². The fourth-order valence-corrected chi connectivity index (χ4v) is 3.06. The highest BCUT2D eigenvalue weighted by molar-refractivity contribution is 5.39. The molecule has 4 nitrogen and oxygen atoms in total. The largest absolute Gasteiger partial charge is 0.490 e. The number of likely N-dealkylation sites (N-methyl/N-ethyl adjacent to an activating group) is 1. The van der Waals surface area contributed by atoms with Crippen molar-refractivity contribution in [3.05, 3.63) is 29.3 Å². The van der Waals surface area contributed by atoms with Crippen molar-refractivity contribution in [1.82, 2.24) is 0 Å². The first-order valence-electron chi connectivity index (χ1n) is 8.52. The van der Waals surface area contributed by atoms with E-state index in [-0.39, 0.29) is 0 Å². The Kier molecular flexibility index (Phi) is 6.24. The average Bonchev–Trinajstić information content (AvgIpc) is 2.47. The molecule has 0 bridgehead atoms. The van der Waals surface area contributed by atoms with Gasteiger partial charge < -0.3 is 19.6 Å². The van der Waals surface area contributed by atoms with Gasteiger partial charge in [-0.15, -0.1) is 0 Å². The molecular formula is C18H32N2O2+2. The van der Waals surface area contributed by atoms with Crippen LogP contribution in [0.1, 0.15) is 30.9 Å². The zero-order chi connectivity index (χ0) is 16.1. The lowest BCUT2D eigenvalue weighted by molar-refractivity contribution is -1.00. The molecule has 1 heterocycles. The molecule has 1 fully saturated rings. The summed E-state index contributed by atoms with van der Waals surface area (Å²) < 4.78 is 5.94. The number of rotatable bonds is 6. The highest BCUT2D eigenvalue weighted by Crippen LogP contribution is 2.27. The molecule has 1 atom stereocenters. The van der Waals surface area contributed by atoms with Gasteiger partial charge in [-0.05, 0) is 30.0 Å². The van der Waals surface area contributed by atoms with Gasteiger partial charge in [0.05, 0.1) is 7.05 Å². The Morgan fingerprint density at radius 1 is 1.18 bits per heavy atom. The van der Waals surface area contributed by atoms with Crippen LogP contribution in [0.15, 0.2) is 18.2 Å². The Hall–Kier alpha value is -1.10. The van der Waals surface area contributed by atoms with Crippen LogP contribution in [0.4, 0.5) is 0 Å². The molecule has 0 aromatic heterocycles. The van der Waals surface area contributed by atoms with Gasteiger partial charge in [0, 0.05) is 0 Å². The van der Waals surface area contributed by atoms with E-state index in [1.54, 1.807) is 4.90 Å². The number of hydrogen-bond acceptors (Lipinski definition) is 2. The van der Waals surface area contributed by atoms with Crippen molar-refractivity contribution < 1.29 is 19.6 Å². The number of aryl methyl sites for hydroxylation is 1. The van der Waals surface area contributed by atoms with E-state index in [0.717, 1.165) is 25.4 Å². The number of aliphatic hydroxyl groups excluding tert-OH is 1. The number of quaternary nitrogens is 2.